The molecule has 0 aromatic carbocycles. The summed E-state index contributed by atoms with van der Waals surface area (Å²) in [5, 5.41) is -0.163. The van der Waals surface area contributed by atoms with E-state index >= 15 is 0 Å². The highest BCUT2D eigenvalue weighted by atomic mass is 32.9. The standard InChI is InChI=1S/C7H15O3PS2/c1-4-9-11(12,10-5-2)13-7(3)6-8/h6-7H,4-5H2,1-3H3. The van der Waals surface area contributed by atoms with Gasteiger partial charge in [0.15, 0.2) is 0 Å². The van der Waals surface area contributed by atoms with Gasteiger partial charge in [-0.2, -0.15) is 0 Å². The molecule has 0 amide bonds. The highest BCUT2D eigenvalue weighted by Gasteiger charge is 2.21. The first kappa shape index (κ1) is 13.6. The number of aldehydes is 1. The molecule has 0 saturated heterocycles. The normalized spacial score (nSPS) is 14.1. The van der Waals surface area contributed by atoms with Crippen molar-refractivity contribution >= 4 is 35.2 Å². The molecule has 0 saturated carbocycles. The number of hydrogen-bond donors (Lipinski definition) is 0. The van der Waals surface area contributed by atoms with E-state index < -0.39 is 5.69 Å². The minimum atomic E-state index is -2.27. The van der Waals surface area contributed by atoms with Crippen molar-refractivity contribution in [3.05, 3.63) is 0 Å². The molecule has 0 heterocycles. The minimum absolute atomic E-state index is 0.163. The van der Waals surface area contributed by atoms with Crippen molar-refractivity contribution in [3.63, 3.8) is 0 Å². The lowest BCUT2D eigenvalue weighted by molar-refractivity contribution is -0.107. The average molecular weight is 242 g/mol. The van der Waals surface area contributed by atoms with Crippen LogP contribution in [0.2, 0.25) is 0 Å². The van der Waals surface area contributed by atoms with Gasteiger partial charge in [0.05, 0.1) is 18.5 Å². The van der Waals surface area contributed by atoms with E-state index in [0.717, 1.165) is 6.29 Å². The molecule has 1 unspecified atom stereocenters. The summed E-state index contributed by atoms with van der Waals surface area (Å²) in [7, 11) is 0. The van der Waals surface area contributed by atoms with E-state index in [1.807, 2.05) is 13.8 Å². The molecule has 13 heavy (non-hydrogen) atoms. The molecule has 78 valence electrons. The smallest absolute Gasteiger partial charge is 0.247 e. The second-order valence-corrected chi connectivity index (χ2v) is 8.80. The van der Waals surface area contributed by atoms with Crippen molar-refractivity contribution < 1.29 is 13.8 Å². The van der Waals surface area contributed by atoms with E-state index in [1.54, 1.807) is 6.92 Å². The summed E-state index contributed by atoms with van der Waals surface area (Å²) in [4.78, 5) is 10.4. The number of carbonyl (C=O) groups is 1. The van der Waals surface area contributed by atoms with E-state index in [9.17, 15) is 4.79 Å². The predicted octanol–water partition coefficient (Wildman–Crippen LogP) is 2.60. The van der Waals surface area contributed by atoms with Gasteiger partial charge in [0, 0.05) is 0 Å². The molecule has 0 aliphatic heterocycles. The largest absolute Gasteiger partial charge is 0.322 e. The Labute approximate surface area is 88.5 Å². The zero-order valence-electron chi connectivity index (χ0n) is 8.06. The average Bonchev–Trinajstić information content (AvgIpc) is 2.04. The second-order valence-electron chi connectivity index (χ2n) is 2.23. The summed E-state index contributed by atoms with van der Waals surface area (Å²) in [5.74, 6) is 0. The lowest BCUT2D eigenvalue weighted by atomic mass is 10.6. The van der Waals surface area contributed by atoms with E-state index in [4.69, 9.17) is 20.9 Å². The Kier molecular flexibility index (Phi) is 7.27. The van der Waals surface area contributed by atoms with Gasteiger partial charge in [-0.25, -0.2) is 0 Å². The molecule has 0 aromatic heterocycles. The minimum Gasteiger partial charge on any atom is -0.322 e. The predicted molar refractivity (Wildman–Crippen MR) is 60.7 cm³/mol. The van der Waals surface area contributed by atoms with Gasteiger partial charge < -0.3 is 13.8 Å². The topological polar surface area (TPSA) is 35.5 Å². The molecule has 3 nitrogen and oxygen atoms in total. The Morgan fingerprint density at radius 3 is 2.23 bits per heavy atom. The van der Waals surface area contributed by atoms with Crippen molar-refractivity contribution in [1.29, 1.82) is 0 Å². The lowest BCUT2D eigenvalue weighted by Gasteiger charge is -2.20. The quantitative estimate of drug-likeness (QED) is 0.506. The molecule has 0 radical (unpaired) electrons. The molecule has 0 aromatic rings. The molecule has 0 aliphatic carbocycles. The molecule has 1 atom stereocenters. The SMILES string of the molecule is CCOP(=S)(OCC)SC(C)C=O. The zero-order chi connectivity index (χ0) is 10.3. The molecule has 0 rings (SSSR count). The van der Waals surface area contributed by atoms with Gasteiger partial charge in [-0.3, -0.25) is 0 Å². The first-order valence-electron chi connectivity index (χ1n) is 4.10. The van der Waals surface area contributed by atoms with Crippen LogP contribution in [0.3, 0.4) is 0 Å². The van der Waals surface area contributed by atoms with Crippen molar-refractivity contribution in [3.8, 4) is 0 Å². The fourth-order valence-corrected chi connectivity index (χ4v) is 6.15. The summed E-state index contributed by atoms with van der Waals surface area (Å²) >= 11 is 6.52. The van der Waals surface area contributed by atoms with Gasteiger partial charge in [-0.15, -0.1) is 0 Å². The maximum atomic E-state index is 10.4. The lowest BCUT2D eigenvalue weighted by Crippen LogP contribution is -2.00. The van der Waals surface area contributed by atoms with Gasteiger partial charge in [-0.05, 0) is 32.6 Å². The fraction of sp³-hybridized carbons (Fsp3) is 0.857. The highest BCUT2D eigenvalue weighted by molar-refractivity contribution is 8.68. The summed E-state index contributed by atoms with van der Waals surface area (Å²) in [5.41, 5.74) is -2.27. The third-order valence-corrected chi connectivity index (χ3v) is 6.72. The molecule has 0 spiro atoms. The summed E-state index contributed by atoms with van der Waals surface area (Å²) in [6.07, 6.45) is 0.851. The maximum absolute atomic E-state index is 10.4. The highest BCUT2D eigenvalue weighted by Crippen LogP contribution is 2.62. The van der Waals surface area contributed by atoms with Crippen molar-refractivity contribution in [2.45, 2.75) is 26.0 Å². The molecule has 0 bridgehead atoms. The number of carbonyl (C=O) groups excluding carboxylic acids is 1. The maximum Gasteiger partial charge on any atom is 0.247 e. The molecular formula is C7H15O3PS2. The third-order valence-electron chi connectivity index (χ3n) is 1.06. The molecular weight excluding hydrogens is 227 g/mol. The molecule has 0 N–H and O–H groups in total. The van der Waals surface area contributed by atoms with Crippen molar-refractivity contribution in [2.75, 3.05) is 13.2 Å². The Balaban J connectivity index is 4.22. The van der Waals surface area contributed by atoms with Gasteiger partial charge >= 0.3 is 0 Å². The van der Waals surface area contributed by atoms with Crippen LogP contribution < -0.4 is 0 Å². The molecule has 0 aliphatic rings. The fourth-order valence-electron chi connectivity index (χ4n) is 0.643. The number of hydrogen-bond acceptors (Lipinski definition) is 5. The van der Waals surface area contributed by atoms with Gasteiger partial charge in [0.2, 0.25) is 5.69 Å². The number of rotatable bonds is 7. The van der Waals surface area contributed by atoms with E-state index in [0.29, 0.717) is 13.2 Å². The summed E-state index contributed by atoms with van der Waals surface area (Å²) in [6.45, 7) is 6.57. The van der Waals surface area contributed by atoms with E-state index in [-0.39, 0.29) is 5.25 Å². The molecule has 6 heteroatoms. The Hall–Kier alpha value is 0.590. The van der Waals surface area contributed by atoms with Crippen LogP contribution in [0.1, 0.15) is 20.8 Å². The van der Waals surface area contributed by atoms with Crippen LogP contribution in [0.15, 0.2) is 0 Å². The van der Waals surface area contributed by atoms with Crippen LogP contribution in [0.5, 0.6) is 0 Å². The summed E-state index contributed by atoms with van der Waals surface area (Å²) < 4.78 is 10.7. The van der Waals surface area contributed by atoms with Gasteiger partial charge in [-0.1, -0.05) is 11.4 Å². The first-order chi connectivity index (χ1) is 6.08. The van der Waals surface area contributed by atoms with Crippen LogP contribution in [-0.4, -0.2) is 24.7 Å². The van der Waals surface area contributed by atoms with E-state index in [1.165, 1.54) is 11.4 Å². The van der Waals surface area contributed by atoms with Gasteiger partial charge in [0.1, 0.15) is 6.29 Å². The third kappa shape index (κ3) is 5.81. The van der Waals surface area contributed by atoms with Crippen LogP contribution in [0, 0.1) is 0 Å². The van der Waals surface area contributed by atoms with Crippen LogP contribution in [0.4, 0.5) is 0 Å². The first-order valence-corrected chi connectivity index (χ1v) is 8.23. The van der Waals surface area contributed by atoms with Gasteiger partial charge in [0.25, 0.3) is 0 Å². The molecule has 0 fully saturated rings. The monoisotopic (exact) mass is 242 g/mol. The second kappa shape index (κ2) is 6.96. The van der Waals surface area contributed by atoms with Crippen molar-refractivity contribution in [1.82, 2.24) is 0 Å². The summed E-state index contributed by atoms with van der Waals surface area (Å²) in [6, 6.07) is 0. The van der Waals surface area contributed by atoms with Crippen molar-refractivity contribution in [2.24, 2.45) is 0 Å². The van der Waals surface area contributed by atoms with E-state index in [2.05, 4.69) is 0 Å². The Morgan fingerprint density at radius 2 is 1.92 bits per heavy atom. The Morgan fingerprint density at radius 1 is 1.46 bits per heavy atom. The van der Waals surface area contributed by atoms with Crippen LogP contribution >= 0.6 is 17.1 Å². The van der Waals surface area contributed by atoms with Crippen LogP contribution in [-0.2, 0) is 25.6 Å². The zero-order valence-corrected chi connectivity index (χ0v) is 10.6. The van der Waals surface area contributed by atoms with Crippen LogP contribution in [0.25, 0.3) is 0 Å². The Bertz CT molecular complexity index is 188.